The molecule has 0 aliphatic carbocycles. The van der Waals surface area contributed by atoms with Gasteiger partial charge in [0.1, 0.15) is 5.75 Å². The fourth-order valence-electron chi connectivity index (χ4n) is 1.24. The summed E-state index contributed by atoms with van der Waals surface area (Å²) in [7, 11) is 0. The normalized spacial score (nSPS) is 10.1. The van der Waals surface area contributed by atoms with Crippen LogP contribution in [0.3, 0.4) is 0 Å². The van der Waals surface area contributed by atoms with Crippen LogP contribution in [0, 0.1) is 18.6 Å². The average Bonchev–Trinajstić information content (AvgIpc) is 2.29. The Morgan fingerprint density at radius 3 is 2.65 bits per heavy atom. The Bertz CT molecular complexity index is 408. The third-order valence-corrected chi connectivity index (χ3v) is 2.15. The first kappa shape index (κ1) is 13.4. The van der Waals surface area contributed by atoms with Gasteiger partial charge in [-0.2, -0.15) is 0 Å². The maximum Gasteiger partial charge on any atom is 0.257 e. The molecule has 3 nitrogen and oxygen atoms in total. The van der Waals surface area contributed by atoms with E-state index < -0.39 is 11.6 Å². The number of ether oxygens (including phenoxy) is 1. The number of hydrogen-bond acceptors (Lipinski definition) is 2. The van der Waals surface area contributed by atoms with Crippen LogP contribution in [-0.2, 0) is 4.79 Å². The van der Waals surface area contributed by atoms with Gasteiger partial charge in [-0.05, 0) is 25.0 Å². The molecule has 0 atom stereocenters. The largest absolute Gasteiger partial charge is 0.483 e. The van der Waals surface area contributed by atoms with Gasteiger partial charge in [-0.25, -0.2) is 8.78 Å². The van der Waals surface area contributed by atoms with E-state index in [1.165, 1.54) is 0 Å². The summed E-state index contributed by atoms with van der Waals surface area (Å²) in [4.78, 5) is 11.2. The van der Waals surface area contributed by atoms with Gasteiger partial charge in [0.15, 0.2) is 18.2 Å². The summed E-state index contributed by atoms with van der Waals surface area (Å²) in [6.45, 7) is 3.88. The molecule has 0 unspecified atom stereocenters. The molecule has 0 bridgehead atoms. The highest BCUT2D eigenvalue weighted by Crippen LogP contribution is 2.21. The Hall–Kier alpha value is -1.65. The molecule has 0 radical (unpaired) electrons. The summed E-state index contributed by atoms with van der Waals surface area (Å²) in [5, 5.41) is 2.62. The zero-order valence-corrected chi connectivity index (χ0v) is 9.85. The summed E-state index contributed by atoms with van der Waals surface area (Å²) >= 11 is 0. The Kier molecular flexibility index (Phi) is 4.87. The van der Waals surface area contributed by atoms with Crippen molar-refractivity contribution >= 4 is 5.91 Å². The van der Waals surface area contributed by atoms with Gasteiger partial charge < -0.3 is 10.1 Å². The van der Waals surface area contributed by atoms with Crippen LogP contribution in [-0.4, -0.2) is 19.1 Å². The molecule has 0 aromatic heterocycles. The molecule has 1 rings (SSSR count). The van der Waals surface area contributed by atoms with Crippen LogP contribution in [0.25, 0.3) is 0 Å². The number of carbonyl (C=O) groups is 1. The number of benzene rings is 1. The van der Waals surface area contributed by atoms with E-state index in [1.807, 2.05) is 6.92 Å². The fourth-order valence-corrected chi connectivity index (χ4v) is 1.24. The molecule has 1 aromatic rings. The molecule has 0 heterocycles. The Labute approximate surface area is 98.8 Å². The number of carbonyl (C=O) groups excluding carboxylic acids is 1. The second kappa shape index (κ2) is 6.18. The quantitative estimate of drug-likeness (QED) is 0.860. The van der Waals surface area contributed by atoms with Gasteiger partial charge in [0.25, 0.3) is 5.91 Å². The van der Waals surface area contributed by atoms with Crippen LogP contribution in [0.5, 0.6) is 5.75 Å². The lowest BCUT2D eigenvalue weighted by molar-refractivity contribution is -0.123. The summed E-state index contributed by atoms with van der Waals surface area (Å²) in [5.74, 6) is -2.02. The van der Waals surface area contributed by atoms with Gasteiger partial charge in [-0.3, -0.25) is 4.79 Å². The summed E-state index contributed by atoms with van der Waals surface area (Å²) in [6, 6.07) is 1.98. The van der Waals surface area contributed by atoms with Gasteiger partial charge >= 0.3 is 0 Å². The molecular formula is C12H15F2NO2. The summed E-state index contributed by atoms with van der Waals surface area (Å²) in [5.41, 5.74) is 0.451. The number of rotatable bonds is 5. The van der Waals surface area contributed by atoms with Crippen LogP contribution in [0.15, 0.2) is 12.1 Å². The molecule has 1 aromatic carbocycles. The topological polar surface area (TPSA) is 38.3 Å². The SMILES string of the molecule is CCCNC(=O)COc1cc(F)c(F)cc1C. The highest BCUT2D eigenvalue weighted by atomic mass is 19.2. The van der Waals surface area contributed by atoms with Crippen molar-refractivity contribution in [1.29, 1.82) is 0 Å². The van der Waals surface area contributed by atoms with Gasteiger partial charge in [-0.15, -0.1) is 0 Å². The molecule has 5 heteroatoms. The van der Waals surface area contributed by atoms with Crippen LogP contribution in [0.4, 0.5) is 8.78 Å². The second-order valence-electron chi connectivity index (χ2n) is 3.67. The van der Waals surface area contributed by atoms with Crippen LogP contribution >= 0.6 is 0 Å². The van der Waals surface area contributed by atoms with Gasteiger partial charge in [-0.1, -0.05) is 6.92 Å². The van der Waals surface area contributed by atoms with E-state index in [0.717, 1.165) is 18.6 Å². The molecule has 17 heavy (non-hydrogen) atoms. The molecular weight excluding hydrogens is 228 g/mol. The summed E-state index contributed by atoms with van der Waals surface area (Å²) in [6.07, 6.45) is 0.829. The van der Waals surface area contributed by atoms with Crippen LogP contribution in [0.1, 0.15) is 18.9 Å². The Morgan fingerprint density at radius 2 is 2.00 bits per heavy atom. The predicted octanol–water partition coefficient (Wildman–Crippen LogP) is 2.18. The van der Waals surface area contributed by atoms with Crippen molar-refractivity contribution in [3.63, 3.8) is 0 Å². The maximum atomic E-state index is 12.9. The summed E-state index contributed by atoms with van der Waals surface area (Å²) < 4.78 is 30.9. The highest BCUT2D eigenvalue weighted by molar-refractivity contribution is 5.77. The van der Waals surface area contributed by atoms with Gasteiger partial charge in [0.2, 0.25) is 0 Å². The van der Waals surface area contributed by atoms with Crippen LogP contribution in [0.2, 0.25) is 0 Å². The molecule has 0 fully saturated rings. The zero-order valence-electron chi connectivity index (χ0n) is 9.85. The monoisotopic (exact) mass is 243 g/mol. The smallest absolute Gasteiger partial charge is 0.257 e. The van der Waals surface area contributed by atoms with E-state index in [4.69, 9.17) is 4.74 Å². The highest BCUT2D eigenvalue weighted by Gasteiger charge is 2.09. The number of hydrogen-bond donors (Lipinski definition) is 1. The Morgan fingerprint density at radius 1 is 1.35 bits per heavy atom. The Balaban J connectivity index is 2.57. The molecule has 0 aliphatic heterocycles. The average molecular weight is 243 g/mol. The van der Waals surface area contributed by atoms with Crippen LogP contribution < -0.4 is 10.1 Å². The van der Waals surface area contributed by atoms with Gasteiger partial charge in [0, 0.05) is 12.6 Å². The third kappa shape index (κ3) is 4.01. The maximum absolute atomic E-state index is 12.9. The zero-order chi connectivity index (χ0) is 12.8. The number of nitrogens with one attached hydrogen (secondary N) is 1. The molecule has 0 saturated carbocycles. The molecule has 0 aliphatic rings. The minimum absolute atomic E-state index is 0.176. The van der Waals surface area contributed by atoms with Crippen molar-refractivity contribution < 1.29 is 18.3 Å². The minimum atomic E-state index is -0.987. The predicted molar refractivity (Wildman–Crippen MR) is 59.9 cm³/mol. The van der Waals surface area contributed by atoms with E-state index in [-0.39, 0.29) is 18.3 Å². The van der Waals surface area contributed by atoms with E-state index in [1.54, 1.807) is 6.92 Å². The number of halogens is 2. The van der Waals surface area contributed by atoms with Crippen molar-refractivity contribution in [2.45, 2.75) is 20.3 Å². The second-order valence-corrected chi connectivity index (χ2v) is 3.67. The van der Waals surface area contributed by atoms with Crippen molar-refractivity contribution in [1.82, 2.24) is 5.32 Å². The first-order chi connectivity index (χ1) is 8.04. The number of amides is 1. The third-order valence-electron chi connectivity index (χ3n) is 2.15. The first-order valence-corrected chi connectivity index (χ1v) is 5.39. The molecule has 1 N–H and O–H groups in total. The standard InChI is InChI=1S/C12H15F2NO2/c1-3-4-15-12(16)7-17-11-6-10(14)9(13)5-8(11)2/h5-6H,3-4,7H2,1-2H3,(H,15,16). The molecule has 0 saturated heterocycles. The lowest BCUT2D eigenvalue weighted by atomic mass is 10.2. The minimum Gasteiger partial charge on any atom is -0.483 e. The van der Waals surface area contributed by atoms with E-state index in [2.05, 4.69) is 5.32 Å². The molecule has 1 amide bonds. The van der Waals surface area contributed by atoms with Crippen molar-refractivity contribution in [2.75, 3.05) is 13.2 Å². The van der Waals surface area contributed by atoms with Crippen molar-refractivity contribution in [3.05, 3.63) is 29.3 Å². The number of aryl methyl sites for hydroxylation is 1. The molecule has 0 spiro atoms. The fraction of sp³-hybridized carbons (Fsp3) is 0.417. The van der Waals surface area contributed by atoms with E-state index >= 15 is 0 Å². The lowest BCUT2D eigenvalue weighted by Crippen LogP contribution is -2.29. The van der Waals surface area contributed by atoms with Crippen molar-refractivity contribution in [3.8, 4) is 5.75 Å². The molecule has 94 valence electrons. The lowest BCUT2D eigenvalue weighted by Gasteiger charge is -2.09. The first-order valence-electron chi connectivity index (χ1n) is 5.39. The van der Waals surface area contributed by atoms with Crippen molar-refractivity contribution in [2.24, 2.45) is 0 Å². The van der Waals surface area contributed by atoms with E-state index in [0.29, 0.717) is 12.1 Å². The van der Waals surface area contributed by atoms with E-state index in [9.17, 15) is 13.6 Å². The van der Waals surface area contributed by atoms with Gasteiger partial charge in [0.05, 0.1) is 0 Å².